The summed E-state index contributed by atoms with van der Waals surface area (Å²) >= 11 is 0. The van der Waals surface area contributed by atoms with E-state index in [1.807, 2.05) is 0 Å². The topological polar surface area (TPSA) is 12.0 Å². The molecule has 0 aliphatic heterocycles. The first-order valence-corrected chi connectivity index (χ1v) is 6.09. The van der Waals surface area contributed by atoms with E-state index in [1.54, 1.807) is 0 Å². The molecule has 0 aliphatic carbocycles. The zero-order chi connectivity index (χ0) is 12.9. The molecular formula is C14H21F2N. The average molecular weight is 241 g/mol. The predicted molar refractivity (Wildman–Crippen MR) is 67.0 cm³/mol. The molecule has 1 aromatic carbocycles. The predicted octanol–water partition coefficient (Wildman–Crippen LogP) is 3.53. The van der Waals surface area contributed by atoms with Gasteiger partial charge in [-0.2, -0.15) is 0 Å². The van der Waals surface area contributed by atoms with Crippen LogP contribution in [0.4, 0.5) is 8.78 Å². The summed E-state index contributed by atoms with van der Waals surface area (Å²) in [5.74, 6) is -0.700. The fourth-order valence-electron chi connectivity index (χ4n) is 1.86. The summed E-state index contributed by atoms with van der Waals surface area (Å²) in [7, 11) is 0. The van der Waals surface area contributed by atoms with Crippen LogP contribution in [0.25, 0.3) is 0 Å². The first kappa shape index (κ1) is 14.1. The molecule has 0 spiro atoms. The zero-order valence-electron chi connectivity index (χ0n) is 10.8. The molecule has 0 amide bonds. The highest BCUT2D eigenvalue weighted by molar-refractivity contribution is 5.20. The van der Waals surface area contributed by atoms with Crippen molar-refractivity contribution in [2.24, 2.45) is 5.41 Å². The molecule has 1 N–H and O–H groups in total. The Bertz CT molecular complexity index is 361. The largest absolute Gasteiger partial charge is 0.316 e. The van der Waals surface area contributed by atoms with E-state index in [0.29, 0.717) is 12.0 Å². The van der Waals surface area contributed by atoms with Crippen LogP contribution in [0.15, 0.2) is 18.2 Å². The van der Waals surface area contributed by atoms with Gasteiger partial charge in [-0.3, -0.25) is 0 Å². The molecule has 0 unspecified atom stereocenters. The molecule has 0 saturated heterocycles. The molecule has 0 heterocycles. The minimum absolute atomic E-state index is 0.0796. The van der Waals surface area contributed by atoms with E-state index < -0.39 is 0 Å². The third-order valence-electron chi connectivity index (χ3n) is 2.71. The van der Waals surface area contributed by atoms with Crippen molar-refractivity contribution < 1.29 is 8.78 Å². The lowest BCUT2D eigenvalue weighted by Crippen LogP contribution is -2.31. The van der Waals surface area contributed by atoms with Crippen LogP contribution in [0.1, 0.15) is 32.8 Å². The standard InChI is InChI=1S/C14H21F2N/c1-4-7-17-10-14(2,3)9-11-8-12(15)5-6-13(11)16/h5-6,8,17H,4,7,9-10H2,1-3H3. The molecule has 0 aliphatic rings. The average Bonchev–Trinajstić information content (AvgIpc) is 2.23. The Hall–Kier alpha value is -0.960. The lowest BCUT2D eigenvalue weighted by atomic mass is 9.85. The highest BCUT2D eigenvalue weighted by Gasteiger charge is 2.20. The van der Waals surface area contributed by atoms with Crippen molar-refractivity contribution >= 4 is 0 Å². The van der Waals surface area contributed by atoms with Crippen molar-refractivity contribution in [1.82, 2.24) is 5.32 Å². The molecule has 0 fully saturated rings. The molecule has 1 aromatic rings. The van der Waals surface area contributed by atoms with Crippen molar-refractivity contribution in [1.29, 1.82) is 0 Å². The number of hydrogen-bond acceptors (Lipinski definition) is 1. The SMILES string of the molecule is CCCNCC(C)(C)Cc1cc(F)ccc1F. The molecule has 3 heteroatoms. The van der Waals surface area contributed by atoms with Crippen LogP contribution >= 0.6 is 0 Å². The highest BCUT2D eigenvalue weighted by atomic mass is 19.1. The summed E-state index contributed by atoms with van der Waals surface area (Å²) in [5.41, 5.74) is 0.373. The molecule has 17 heavy (non-hydrogen) atoms. The van der Waals surface area contributed by atoms with Crippen molar-refractivity contribution in [2.45, 2.75) is 33.6 Å². The molecule has 0 aromatic heterocycles. The molecule has 0 bridgehead atoms. The molecular weight excluding hydrogens is 220 g/mol. The van der Waals surface area contributed by atoms with Crippen molar-refractivity contribution in [2.75, 3.05) is 13.1 Å². The molecule has 1 nitrogen and oxygen atoms in total. The fraction of sp³-hybridized carbons (Fsp3) is 0.571. The second-order valence-electron chi connectivity index (χ2n) is 5.25. The maximum Gasteiger partial charge on any atom is 0.126 e. The minimum atomic E-state index is -0.376. The quantitative estimate of drug-likeness (QED) is 0.751. The highest BCUT2D eigenvalue weighted by Crippen LogP contribution is 2.23. The van der Waals surface area contributed by atoms with Gasteiger partial charge in [-0.05, 0) is 48.6 Å². The lowest BCUT2D eigenvalue weighted by Gasteiger charge is -2.25. The van der Waals surface area contributed by atoms with Crippen LogP contribution < -0.4 is 5.32 Å². The van der Waals surface area contributed by atoms with E-state index in [2.05, 4.69) is 26.1 Å². The number of halogens is 2. The van der Waals surface area contributed by atoms with Gasteiger partial charge in [0.1, 0.15) is 11.6 Å². The van der Waals surface area contributed by atoms with Gasteiger partial charge in [0.15, 0.2) is 0 Å². The first-order chi connectivity index (χ1) is 7.94. The van der Waals surface area contributed by atoms with E-state index in [0.717, 1.165) is 25.6 Å². The maximum atomic E-state index is 13.5. The molecule has 96 valence electrons. The summed E-state index contributed by atoms with van der Waals surface area (Å²) in [5, 5.41) is 3.31. The van der Waals surface area contributed by atoms with Gasteiger partial charge in [0.25, 0.3) is 0 Å². The van der Waals surface area contributed by atoms with Gasteiger partial charge in [0.2, 0.25) is 0 Å². The van der Waals surface area contributed by atoms with Gasteiger partial charge in [0.05, 0.1) is 0 Å². The molecule has 1 rings (SSSR count). The van der Waals surface area contributed by atoms with Gasteiger partial charge in [-0.25, -0.2) is 8.78 Å². The Morgan fingerprint density at radius 1 is 1.24 bits per heavy atom. The van der Waals surface area contributed by atoms with Crippen molar-refractivity contribution in [3.8, 4) is 0 Å². The maximum absolute atomic E-state index is 13.5. The van der Waals surface area contributed by atoms with Crippen LogP contribution in [0.3, 0.4) is 0 Å². The molecule has 0 atom stereocenters. The van der Waals surface area contributed by atoms with Gasteiger partial charge in [0, 0.05) is 6.54 Å². The number of hydrogen-bond donors (Lipinski definition) is 1. The van der Waals surface area contributed by atoms with E-state index in [1.165, 1.54) is 12.1 Å². The second kappa shape index (κ2) is 6.10. The normalized spacial score (nSPS) is 11.8. The van der Waals surface area contributed by atoms with Crippen LogP contribution in [-0.2, 0) is 6.42 Å². The number of nitrogens with one attached hydrogen (secondary N) is 1. The summed E-state index contributed by atoms with van der Waals surface area (Å²) in [6.07, 6.45) is 1.61. The van der Waals surface area contributed by atoms with Gasteiger partial charge in [-0.15, -0.1) is 0 Å². The zero-order valence-corrected chi connectivity index (χ0v) is 10.8. The summed E-state index contributed by atoms with van der Waals surface area (Å²) in [6.45, 7) is 7.97. The van der Waals surface area contributed by atoms with Gasteiger partial charge in [-0.1, -0.05) is 20.8 Å². The summed E-state index contributed by atoms with van der Waals surface area (Å²) < 4.78 is 26.5. The van der Waals surface area contributed by atoms with Gasteiger partial charge >= 0.3 is 0 Å². The van der Waals surface area contributed by atoms with E-state index in [9.17, 15) is 8.78 Å². The van der Waals surface area contributed by atoms with E-state index in [-0.39, 0.29) is 17.0 Å². The summed E-state index contributed by atoms with van der Waals surface area (Å²) in [6, 6.07) is 3.64. The van der Waals surface area contributed by atoms with Crippen LogP contribution in [0.5, 0.6) is 0 Å². The second-order valence-corrected chi connectivity index (χ2v) is 5.25. The van der Waals surface area contributed by atoms with E-state index in [4.69, 9.17) is 0 Å². The van der Waals surface area contributed by atoms with Crippen molar-refractivity contribution in [3.05, 3.63) is 35.4 Å². The molecule has 0 saturated carbocycles. The minimum Gasteiger partial charge on any atom is -0.316 e. The Morgan fingerprint density at radius 3 is 2.59 bits per heavy atom. The Kier molecular flexibility index (Phi) is 5.06. The van der Waals surface area contributed by atoms with Gasteiger partial charge < -0.3 is 5.32 Å². The fourth-order valence-corrected chi connectivity index (χ4v) is 1.86. The lowest BCUT2D eigenvalue weighted by molar-refractivity contribution is 0.333. The Balaban J connectivity index is 2.65. The Morgan fingerprint density at radius 2 is 1.94 bits per heavy atom. The number of rotatable bonds is 6. The van der Waals surface area contributed by atoms with Crippen LogP contribution in [0, 0.1) is 17.0 Å². The third kappa shape index (κ3) is 4.82. The number of benzene rings is 1. The molecule has 0 radical (unpaired) electrons. The first-order valence-electron chi connectivity index (χ1n) is 6.09. The monoisotopic (exact) mass is 241 g/mol. The van der Waals surface area contributed by atoms with Crippen molar-refractivity contribution in [3.63, 3.8) is 0 Å². The smallest absolute Gasteiger partial charge is 0.126 e. The summed E-state index contributed by atoms with van der Waals surface area (Å²) in [4.78, 5) is 0. The van der Waals surface area contributed by atoms with Crippen LogP contribution in [0.2, 0.25) is 0 Å². The third-order valence-corrected chi connectivity index (χ3v) is 2.71. The van der Waals surface area contributed by atoms with E-state index >= 15 is 0 Å². The Labute approximate surface area is 102 Å². The van der Waals surface area contributed by atoms with Crippen LogP contribution in [-0.4, -0.2) is 13.1 Å².